The van der Waals surface area contributed by atoms with Gasteiger partial charge < -0.3 is 14.4 Å². The van der Waals surface area contributed by atoms with Crippen molar-refractivity contribution >= 4 is 5.95 Å². The number of aromatic nitrogens is 3. The van der Waals surface area contributed by atoms with E-state index in [0.717, 1.165) is 17.5 Å². The number of pyridine rings is 1. The zero-order chi connectivity index (χ0) is 20.0. The molecule has 0 N–H and O–H groups in total. The second-order valence-electron chi connectivity index (χ2n) is 7.10. The lowest BCUT2D eigenvalue weighted by Gasteiger charge is -2.44. The van der Waals surface area contributed by atoms with Gasteiger partial charge in [0.1, 0.15) is 18.5 Å². The molecule has 0 amide bonds. The molecule has 1 fully saturated rings. The van der Waals surface area contributed by atoms with E-state index < -0.39 is 5.82 Å². The van der Waals surface area contributed by atoms with Gasteiger partial charge in [0.15, 0.2) is 5.82 Å². The summed E-state index contributed by atoms with van der Waals surface area (Å²) < 4.78 is 27.7. The molecule has 3 aromatic rings. The maximum Gasteiger partial charge on any atom is 0.255 e. The average Bonchev–Trinajstić information content (AvgIpc) is 2.75. The Balaban J connectivity index is 1.59. The number of nitrogens with zero attached hydrogens (tertiary/aromatic N) is 4. The quantitative estimate of drug-likeness (QED) is 0.665. The highest BCUT2D eigenvalue weighted by Gasteiger charge is 2.40. The highest BCUT2D eigenvalue weighted by molar-refractivity contribution is 5.60. The number of benzene rings is 1. The number of rotatable bonds is 2. The molecule has 8 heteroatoms. The minimum atomic E-state index is -0.519. The molecule has 148 valence electrons. The van der Waals surface area contributed by atoms with Crippen molar-refractivity contribution in [1.29, 1.82) is 0 Å². The molecule has 7 nitrogen and oxygen atoms in total. The van der Waals surface area contributed by atoms with Crippen LogP contribution in [0, 0.1) is 5.82 Å². The van der Waals surface area contributed by atoms with E-state index in [1.165, 1.54) is 22.9 Å². The number of anilines is 1. The van der Waals surface area contributed by atoms with Gasteiger partial charge in [-0.25, -0.2) is 9.37 Å². The van der Waals surface area contributed by atoms with Crippen LogP contribution in [-0.2, 0) is 11.8 Å². The molecule has 2 aromatic heterocycles. The Morgan fingerprint density at radius 1 is 1.24 bits per heavy atom. The summed E-state index contributed by atoms with van der Waals surface area (Å²) in [6.07, 6.45) is 2.41. The van der Waals surface area contributed by atoms with Crippen molar-refractivity contribution in [2.24, 2.45) is 7.05 Å². The predicted molar refractivity (Wildman–Crippen MR) is 104 cm³/mol. The van der Waals surface area contributed by atoms with E-state index in [1.807, 2.05) is 29.2 Å². The van der Waals surface area contributed by atoms with E-state index in [4.69, 9.17) is 9.47 Å². The van der Waals surface area contributed by atoms with Gasteiger partial charge in [-0.2, -0.15) is 0 Å². The largest absolute Gasteiger partial charge is 0.491 e. The molecule has 1 saturated heterocycles. The van der Waals surface area contributed by atoms with Crippen molar-refractivity contribution in [3.63, 3.8) is 0 Å². The van der Waals surface area contributed by atoms with Gasteiger partial charge in [0, 0.05) is 37.0 Å². The SMILES string of the molecule is Cn1c(N2CCOC3c4ccccc4OC[C@@H]32)nc(-c2ccncc2F)cc1=O. The van der Waals surface area contributed by atoms with E-state index in [-0.39, 0.29) is 29.0 Å². The Hall–Kier alpha value is -3.26. The van der Waals surface area contributed by atoms with Crippen molar-refractivity contribution < 1.29 is 13.9 Å². The number of ether oxygens (including phenoxy) is 2. The molecular formula is C21H19FN4O3. The topological polar surface area (TPSA) is 69.5 Å². The lowest BCUT2D eigenvalue weighted by molar-refractivity contribution is -0.0164. The molecule has 1 unspecified atom stereocenters. The summed E-state index contributed by atoms with van der Waals surface area (Å²) >= 11 is 0. The summed E-state index contributed by atoms with van der Waals surface area (Å²) in [4.78, 5) is 23.1. The van der Waals surface area contributed by atoms with Crippen molar-refractivity contribution in [1.82, 2.24) is 14.5 Å². The second-order valence-corrected chi connectivity index (χ2v) is 7.10. The van der Waals surface area contributed by atoms with Crippen LogP contribution in [0.25, 0.3) is 11.3 Å². The van der Waals surface area contributed by atoms with Crippen LogP contribution in [0.3, 0.4) is 0 Å². The molecule has 0 radical (unpaired) electrons. The number of para-hydroxylation sites is 1. The van der Waals surface area contributed by atoms with Crippen molar-refractivity contribution in [2.45, 2.75) is 12.1 Å². The Labute approximate surface area is 166 Å². The summed E-state index contributed by atoms with van der Waals surface area (Å²) in [5.41, 5.74) is 1.24. The Morgan fingerprint density at radius 3 is 2.97 bits per heavy atom. The Kier molecular flexibility index (Phi) is 4.28. The maximum absolute atomic E-state index is 14.3. The molecule has 2 aliphatic heterocycles. The maximum atomic E-state index is 14.3. The molecule has 0 aliphatic carbocycles. The molecular weight excluding hydrogens is 375 g/mol. The summed E-state index contributed by atoms with van der Waals surface area (Å²) in [5, 5.41) is 0. The van der Waals surface area contributed by atoms with Gasteiger partial charge in [-0.05, 0) is 12.1 Å². The minimum Gasteiger partial charge on any atom is -0.491 e. The van der Waals surface area contributed by atoms with Gasteiger partial charge in [-0.3, -0.25) is 14.3 Å². The van der Waals surface area contributed by atoms with Crippen LogP contribution in [0.2, 0.25) is 0 Å². The Bertz CT molecular complexity index is 1130. The molecule has 0 bridgehead atoms. The summed E-state index contributed by atoms with van der Waals surface area (Å²) in [6.45, 7) is 1.44. The molecule has 2 atom stereocenters. The number of halogens is 1. The zero-order valence-corrected chi connectivity index (χ0v) is 15.8. The van der Waals surface area contributed by atoms with Gasteiger partial charge in [0.2, 0.25) is 5.95 Å². The normalized spacial score (nSPS) is 20.6. The highest BCUT2D eigenvalue weighted by atomic mass is 19.1. The summed E-state index contributed by atoms with van der Waals surface area (Å²) in [6, 6.07) is 10.5. The lowest BCUT2D eigenvalue weighted by Crippen LogP contribution is -2.53. The van der Waals surface area contributed by atoms with Gasteiger partial charge in [-0.1, -0.05) is 18.2 Å². The summed E-state index contributed by atoms with van der Waals surface area (Å²) in [7, 11) is 1.67. The van der Waals surface area contributed by atoms with Crippen LogP contribution < -0.4 is 15.2 Å². The summed E-state index contributed by atoms with van der Waals surface area (Å²) in [5.74, 6) is 0.754. The first-order valence-electron chi connectivity index (χ1n) is 9.41. The first-order valence-corrected chi connectivity index (χ1v) is 9.41. The van der Waals surface area contributed by atoms with Crippen LogP contribution in [0.1, 0.15) is 11.7 Å². The third kappa shape index (κ3) is 2.96. The van der Waals surface area contributed by atoms with E-state index in [0.29, 0.717) is 25.7 Å². The van der Waals surface area contributed by atoms with Crippen LogP contribution in [0.4, 0.5) is 10.3 Å². The molecule has 5 rings (SSSR count). The molecule has 29 heavy (non-hydrogen) atoms. The van der Waals surface area contributed by atoms with Crippen LogP contribution in [0.5, 0.6) is 5.75 Å². The van der Waals surface area contributed by atoms with E-state index >= 15 is 0 Å². The van der Waals surface area contributed by atoms with Crippen LogP contribution in [0.15, 0.2) is 53.6 Å². The standard InChI is InChI=1S/C21H19FN4O3/c1-25-19(27)10-16(13-6-7-23-11-15(13)22)24-21(25)26-8-9-28-20-14-4-2-3-5-18(14)29-12-17(20)26/h2-7,10-11,17,20H,8-9,12H2,1H3/t17-,20?/m0/s1. The molecule has 2 aliphatic rings. The van der Waals surface area contributed by atoms with Crippen LogP contribution in [-0.4, -0.2) is 40.3 Å². The fourth-order valence-electron chi connectivity index (χ4n) is 3.97. The lowest BCUT2D eigenvalue weighted by atomic mass is 9.96. The molecule has 0 saturated carbocycles. The Morgan fingerprint density at radius 2 is 2.10 bits per heavy atom. The first-order chi connectivity index (χ1) is 14.1. The van der Waals surface area contributed by atoms with Crippen LogP contribution >= 0.6 is 0 Å². The molecule has 4 heterocycles. The minimum absolute atomic E-state index is 0.144. The van der Waals surface area contributed by atoms with Gasteiger partial charge in [-0.15, -0.1) is 0 Å². The van der Waals surface area contributed by atoms with Crippen molar-refractivity contribution in [3.8, 4) is 17.0 Å². The zero-order valence-electron chi connectivity index (χ0n) is 15.8. The number of fused-ring (bicyclic) bond motifs is 3. The third-order valence-corrected chi connectivity index (χ3v) is 5.43. The van der Waals surface area contributed by atoms with Crippen molar-refractivity contribution in [3.05, 3.63) is 70.5 Å². The monoisotopic (exact) mass is 394 g/mol. The van der Waals surface area contributed by atoms with Gasteiger partial charge in [0.25, 0.3) is 5.56 Å². The third-order valence-electron chi connectivity index (χ3n) is 5.43. The van der Waals surface area contributed by atoms with E-state index in [9.17, 15) is 9.18 Å². The first kappa shape index (κ1) is 17.8. The number of hydrogen-bond acceptors (Lipinski definition) is 6. The number of morpholine rings is 1. The number of hydrogen-bond donors (Lipinski definition) is 0. The van der Waals surface area contributed by atoms with Gasteiger partial charge >= 0.3 is 0 Å². The average molecular weight is 394 g/mol. The van der Waals surface area contributed by atoms with E-state index in [2.05, 4.69) is 9.97 Å². The molecule has 1 aromatic carbocycles. The molecule has 0 spiro atoms. The van der Waals surface area contributed by atoms with E-state index in [1.54, 1.807) is 7.05 Å². The smallest absolute Gasteiger partial charge is 0.255 e. The second kappa shape index (κ2) is 6.97. The predicted octanol–water partition coefficient (Wildman–Crippen LogP) is 2.32. The van der Waals surface area contributed by atoms with Gasteiger partial charge in [0.05, 0.1) is 24.5 Å². The van der Waals surface area contributed by atoms with Crippen molar-refractivity contribution in [2.75, 3.05) is 24.7 Å². The fourth-order valence-corrected chi connectivity index (χ4v) is 3.97. The fraction of sp³-hybridized carbons (Fsp3) is 0.286. The highest BCUT2D eigenvalue weighted by Crippen LogP contribution is 2.39.